The smallest absolute Gasteiger partial charge is 0.408 e. The highest BCUT2D eigenvalue weighted by Crippen LogP contribution is 2.28. The van der Waals surface area contributed by atoms with Crippen LogP contribution in [0.25, 0.3) is 0 Å². The number of carbonyl (C=O) groups excluding carboxylic acids is 3. The Kier molecular flexibility index (Phi) is 11.3. The number of aliphatic hydroxyl groups excluding tert-OH is 3. The van der Waals surface area contributed by atoms with Crippen molar-refractivity contribution < 1.29 is 43.6 Å². The van der Waals surface area contributed by atoms with Crippen LogP contribution in [0, 0.1) is 5.82 Å². The average molecular weight is 565 g/mol. The zero-order valence-electron chi connectivity index (χ0n) is 21.9. The summed E-state index contributed by atoms with van der Waals surface area (Å²) in [4.78, 5) is 52.6. The molecule has 0 bridgehead atoms. The van der Waals surface area contributed by atoms with Crippen LogP contribution in [0.3, 0.4) is 0 Å². The Morgan fingerprint density at radius 2 is 1.88 bits per heavy atom. The molecule has 5 N–H and O–H groups in total. The van der Waals surface area contributed by atoms with Gasteiger partial charge in [-0.3, -0.25) is 9.36 Å². The van der Waals surface area contributed by atoms with Crippen molar-refractivity contribution in [3.8, 4) is 0 Å². The first-order valence-corrected chi connectivity index (χ1v) is 12.8. The molecule has 40 heavy (non-hydrogen) atoms. The number of alkyl carbamates (subject to hydrolysis) is 1. The normalized spacial score (nSPS) is 21.0. The van der Waals surface area contributed by atoms with Gasteiger partial charge in [0.2, 0.25) is 5.91 Å². The Morgan fingerprint density at radius 1 is 1.15 bits per heavy atom. The SMILES string of the molecule is CC(=O)CCCCCC(NC(=O)OCc1ccccc1)C(=O)Nc1nc(=O)n([C@@H]2O[C@H](CO)C(O)[C@@H]2O)cc1F. The van der Waals surface area contributed by atoms with Gasteiger partial charge in [0.1, 0.15) is 36.7 Å². The highest BCUT2D eigenvalue weighted by molar-refractivity contribution is 5.95. The maximum Gasteiger partial charge on any atom is 0.408 e. The lowest BCUT2D eigenvalue weighted by Crippen LogP contribution is -2.44. The summed E-state index contributed by atoms with van der Waals surface area (Å²) in [6.45, 7) is 0.780. The summed E-state index contributed by atoms with van der Waals surface area (Å²) in [5, 5.41) is 33.9. The van der Waals surface area contributed by atoms with Gasteiger partial charge < -0.3 is 40.2 Å². The highest BCUT2D eigenvalue weighted by atomic mass is 19.1. The fourth-order valence-corrected chi connectivity index (χ4v) is 4.10. The maximum absolute atomic E-state index is 14.9. The second-order valence-corrected chi connectivity index (χ2v) is 9.41. The molecular formula is C26H33FN4O9. The number of rotatable bonds is 13. The maximum atomic E-state index is 14.9. The highest BCUT2D eigenvalue weighted by Gasteiger charge is 2.44. The number of Topliss-reactive ketones (excluding diaryl/α,β-unsaturated/α-hetero) is 1. The molecule has 1 saturated heterocycles. The predicted octanol–water partition coefficient (Wildman–Crippen LogP) is 0.767. The van der Waals surface area contributed by atoms with E-state index in [9.17, 15) is 38.9 Å². The van der Waals surface area contributed by atoms with Gasteiger partial charge in [-0.15, -0.1) is 0 Å². The summed E-state index contributed by atoms with van der Waals surface area (Å²) < 4.78 is 25.9. The van der Waals surface area contributed by atoms with Crippen molar-refractivity contribution in [2.75, 3.05) is 11.9 Å². The van der Waals surface area contributed by atoms with E-state index in [1.807, 2.05) is 0 Å². The van der Waals surface area contributed by atoms with E-state index in [2.05, 4.69) is 15.6 Å². The standard InChI is InChI=1S/C26H33FN4O9/c1-15(33)8-4-2-7-11-18(28-26(38)39-14-16-9-5-3-6-10-16)23(36)29-22-17(27)12-31(25(37)30-22)24-21(35)20(34)19(13-32)40-24/h3,5-6,9-10,12,18-21,24,32,34-35H,2,4,7-8,11,13-14H2,1H3,(H,28,38)(H,29,30,36,37)/t18?,19-,20?,21+,24-/m1/s1. The Morgan fingerprint density at radius 3 is 2.52 bits per heavy atom. The molecule has 2 aromatic rings. The molecule has 3 rings (SSSR count). The summed E-state index contributed by atoms with van der Waals surface area (Å²) in [5.41, 5.74) is -0.383. The number of hydrogen-bond acceptors (Lipinski definition) is 10. The van der Waals surface area contributed by atoms with Crippen LogP contribution in [0.4, 0.5) is 15.0 Å². The lowest BCUT2D eigenvalue weighted by atomic mass is 10.1. The fraction of sp³-hybridized carbons (Fsp3) is 0.500. The summed E-state index contributed by atoms with van der Waals surface area (Å²) in [7, 11) is 0. The molecule has 1 aliphatic rings. The van der Waals surface area contributed by atoms with E-state index in [-0.39, 0.29) is 18.8 Å². The lowest BCUT2D eigenvalue weighted by Gasteiger charge is -2.20. The number of halogens is 1. The van der Waals surface area contributed by atoms with Gasteiger partial charge in [0, 0.05) is 6.42 Å². The number of anilines is 1. The molecule has 1 aromatic carbocycles. The van der Waals surface area contributed by atoms with Crippen LogP contribution >= 0.6 is 0 Å². The zero-order chi connectivity index (χ0) is 29.2. The lowest BCUT2D eigenvalue weighted by molar-refractivity contribution is -0.118. The van der Waals surface area contributed by atoms with Crippen molar-refractivity contribution in [3.63, 3.8) is 0 Å². The number of benzene rings is 1. The van der Waals surface area contributed by atoms with Crippen molar-refractivity contribution in [1.82, 2.24) is 14.9 Å². The number of nitrogens with zero attached hydrogens (tertiary/aromatic N) is 2. The molecule has 1 fully saturated rings. The van der Waals surface area contributed by atoms with Crippen LogP contribution in [0.15, 0.2) is 41.3 Å². The Bertz CT molecular complexity index is 1230. The number of carbonyl (C=O) groups is 3. The molecule has 5 atom stereocenters. The van der Waals surface area contributed by atoms with E-state index in [1.54, 1.807) is 30.3 Å². The first-order chi connectivity index (χ1) is 19.1. The van der Waals surface area contributed by atoms with E-state index in [4.69, 9.17) is 9.47 Å². The molecule has 0 spiro atoms. The Balaban J connectivity index is 1.69. The quantitative estimate of drug-likeness (QED) is 0.217. The second kappa shape index (κ2) is 14.6. The second-order valence-electron chi connectivity index (χ2n) is 9.41. The first kappa shape index (κ1) is 30.8. The molecule has 1 aliphatic heterocycles. The van der Waals surface area contributed by atoms with E-state index >= 15 is 0 Å². The van der Waals surface area contributed by atoms with E-state index in [0.717, 1.165) is 5.56 Å². The van der Waals surface area contributed by atoms with Crippen LogP contribution in [-0.2, 0) is 25.7 Å². The van der Waals surface area contributed by atoms with E-state index < -0.39 is 66.5 Å². The van der Waals surface area contributed by atoms with Crippen LogP contribution in [-0.4, -0.2) is 73.6 Å². The molecule has 218 valence electrons. The number of nitrogens with one attached hydrogen (secondary N) is 2. The van der Waals surface area contributed by atoms with Gasteiger partial charge in [0.15, 0.2) is 17.9 Å². The van der Waals surface area contributed by atoms with Crippen molar-refractivity contribution >= 4 is 23.6 Å². The van der Waals surface area contributed by atoms with Crippen molar-refractivity contribution in [1.29, 1.82) is 0 Å². The molecule has 2 unspecified atom stereocenters. The van der Waals surface area contributed by atoms with Gasteiger partial charge >= 0.3 is 11.8 Å². The van der Waals surface area contributed by atoms with Gasteiger partial charge in [0.25, 0.3) is 0 Å². The number of ether oxygens (including phenoxy) is 2. The van der Waals surface area contributed by atoms with Crippen molar-refractivity contribution in [2.24, 2.45) is 0 Å². The van der Waals surface area contributed by atoms with Crippen LogP contribution < -0.4 is 16.3 Å². The molecule has 2 heterocycles. The number of amides is 2. The molecule has 2 amide bonds. The van der Waals surface area contributed by atoms with E-state index in [0.29, 0.717) is 36.4 Å². The number of aliphatic hydroxyl groups is 3. The van der Waals surface area contributed by atoms with Gasteiger partial charge in [-0.05, 0) is 25.3 Å². The summed E-state index contributed by atoms with van der Waals surface area (Å²) >= 11 is 0. The van der Waals surface area contributed by atoms with Gasteiger partial charge in [-0.1, -0.05) is 43.2 Å². The van der Waals surface area contributed by atoms with Crippen molar-refractivity contribution in [2.45, 2.75) is 76.2 Å². The Hall–Kier alpha value is -3.72. The van der Waals surface area contributed by atoms with Crippen molar-refractivity contribution in [3.05, 3.63) is 58.4 Å². The summed E-state index contributed by atoms with van der Waals surface area (Å²) in [6, 6.07) is 7.68. The third kappa shape index (κ3) is 8.39. The number of unbranched alkanes of at least 4 members (excludes halogenated alkanes) is 2. The number of ketones is 1. The third-order valence-corrected chi connectivity index (χ3v) is 6.28. The van der Waals surface area contributed by atoms with E-state index in [1.165, 1.54) is 6.92 Å². The van der Waals surface area contributed by atoms with Gasteiger partial charge in [-0.25, -0.2) is 14.0 Å². The Labute approximate surface area is 228 Å². The minimum atomic E-state index is -1.64. The first-order valence-electron chi connectivity index (χ1n) is 12.8. The predicted molar refractivity (Wildman–Crippen MR) is 137 cm³/mol. The molecule has 0 radical (unpaired) electrons. The molecule has 1 aromatic heterocycles. The topological polar surface area (TPSA) is 189 Å². The van der Waals surface area contributed by atoms with Crippen LogP contribution in [0.1, 0.15) is 50.8 Å². The number of aromatic nitrogens is 2. The molecule has 13 nitrogen and oxygen atoms in total. The van der Waals surface area contributed by atoms with Gasteiger partial charge in [0.05, 0.1) is 12.8 Å². The average Bonchev–Trinajstić information content (AvgIpc) is 3.21. The summed E-state index contributed by atoms with van der Waals surface area (Å²) in [6.07, 6.45) is -3.97. The number of hydrogen-bond donors (Lipinski definition) is 5. The zero-order valence-corrected chi connectivity index (χ0v) is 21.9. The largest absolute Gasteiger partial charge is 0.445 e. The summed E-state index contributed by atoms with van der Waals surface area (Å²) in [5.74, 6) is -2.71. The minimum absolute atomic E-state index is 0.0325. The molecular weight excluding hydrogens is 531 g/mol. The molecule has 0 saturated carbocycles. The fourth-order valence-electron chi connectivity index (χ4n) is 4.10. The molecule has 0 aliphatic carbocycles. The monoisotopic (exact) mass is 564 g/mol. The van der Waals surface area contributed by atoms with Gasteiger partial charge in [-0.2, -0.15) is 4.98 Å². The minimum Gasteiger partial charge on any atom is -0.445 e. The third-order valence-electron chi connectivity index (χ3n) is 6.28. The van der Waals surface area contributed by atoms with Crippen LogP contribution in [0.2, 0.25) is 0 Å². The van der Waals surface area contributed by atoms with Crippen LogP contribution in [0.5, 0.6) is 0 Å². The molecule has 14 heteroatoms.